The van der Waals surface area contributed by atoms with Gasteiger partial charge < -0.3 is 4.90 Å². The van der Waals surface area contributed by atoms with Gasteiger partial charge in [-0.3, -0.25) is 0 Å². The summed E-state index contributed by atoms with van der Waals surface area (Å²) in [5, 5.41) is 0. The van der Waals surface area contributed by atoms with Crippen molar-refractivity contribution in [2.24, 2.45) is 11.8 Å². The zero-order valence-corrected chi connectivity index (χ0v) is 14.7. The Morgan fingerprint density at radius 3 is 2.14 bits per heavy atom. The molecule has 3 heterocycles. The highest BCUT2D eigenvalue weighted by Gasteiger charge is 2.36. The van der Waals surface area contributed by atoms with E-state index in [1.165, 1.54) is 18.4 Å². The van der Waals surface area contributed by atoms with Crippen LogP contribution in [-0.4, -0.2) is 38.7 Å². The molecule has 3 saturated heterocycles. The summed E-state index contributed by atoms with van der Waals surface area (Å²) in [7, 11) is -3.17. The third-order valence-corrected chi connectivity index (χ3v) is 7.16. The van der Waals surface area contributed by atoms with Gasteiger partial charge in [-0.2, -0.15) is 0 Å². The largest absolute Gasteiger partial charge is 0.303 e. The third-order valence-electron chi connectivity index (χ3n) is 5.30. The first kappa shape index (κ1) is 16.0. The van der Waals surface area contributed by atoms with Gasteiger partial charge in [-0.15, -0.1) is 0 Å². The molecule has 3 fully saturated rings. The van der Waals surface area contributed by atoms with E-state index in [1.807, 2.05) is 12.1 Å². The van der Waals surface area contributed by atoms with Gasteiger partial charge in [-0.1, -0.05) is 32.9 Å². The third kappa shape index (κ3) is 3.23. The van der Waals surface area contributed by atoms with E-state index in [0.29, 0.717) is 22.5 Å². The van der Waals surface area contributed by atoms with Crippen LogP contribution in [0.2, 0.25) is 0 Å². The number of nitrogens with zero attached hydrogens (tertiary/aromatic N) is 1. The molecule has 0 radical (unpaired) electrons. The van der Waals surface area contributed by atoms with Crippen molar-refractivity contribution in [1.29, 1.82) is 0 Å². The average Bonchev–Trinajstić information content (AvgIpc) is 2.47. The summed E-state index contributed by atoms with van der Waals surface area (Å²) in [6.45, 7) is 9.70. The maximum absolute atomic E-state index is 12.7. The summed E-state index contributed by atoms with van der Waals surface area (Å²) >= 11 is 0. The lowest BCUT2D eigenvalue weighted by atomic mass is 9.80. The van der Waals surface area contributed by atoms with Gasteiger partial charge in [0.15, 0.2) is 9.84 Å². The van der Waals surface area contributed by atoms with Crippen molar-refractivity contribution in [1.82, 2.24) is 4.90 Å². The fraction of sp³-hybridized carbons (Fsp3) is 0.667. The molecule has 1 aromatic rings. The van der Waals surface area contributed by atoms with Gasteiger partial charge in [0.1, 0.15) is 0 Å². The Hall–Kier alpha value is -0.870. The first-order valence-corrected chi connectivity index (χ1v) is 9.96. The van der Waals surface area contributed by atoms with Crippen LogP contribution in [0.5, 0.6) is 0 Å². The van der Waals surface area contributed by atoms with E-state index in [0.717, 1.165) is 19.6 Å². The van der Waals surface area contributed by atoms with Gasteiger partial charge in [0, 0.05) is 6.54 Å². The van der Waals surface area contributed by atoms with Gasteiger partial charge in [0.25, 0.3) is 0 Å². The van der Waals surface area contributed by atoms with E-state index in [-0.39, 0.29) is 5.41 Å². The Morgan fingerprint density at radius 2 is 1.68 bits per heavy atom. The molecule has 3 aliphatic heterocycles. The molecule has 0 spiro atoms. The lowest BCUT2D eigenvalue weighted by Gasteiger charge is -2.44. The van der Waals surface area contributed by atoms with Crippen LogP contribution in [0.4, 0.5) is 0 Å². The van der Waals surface area contributed by atoms with E-state index in [1.54, 1.807) is 12.1 Å². The molecule has 3 aliphatic rings. The normalized spacial score (nSPS) is 28.8. The summed E-state index contributed by atoms with van der Waals surface area (Å²) < 4.78 is 25.4. The number of benzene rings is 1. The number of hydrogen-bond donors (Lipinski definition) is 0. The minimum Gasteiger partial charge on any atom is -0.303 e. The van der Waals surface area contributed by atoms with Crippen LogP contribution in [0.25, 0.3) is 0 Å². The molecule has 1 atom stereocenters. The van der Waals surface area contributed by atoms with Gasteiger partial charge in [0.2, 0.25) is 0 Å². The van der Waals surface area contributed by atoms with Crippen LogP contribution in [0.3, 0.4) is 0 Å². The monoisotopic (exact) mass is 321 g/mol. The fourth-order valence-electron chi connectivity index (χ4n) is 3.82. The van der Waals surface area contributed by atoms with E-state index in [2.05, 4.69) is 25.7 Å². The second-order valence-corrected chi connectivity index (χ2v) is 9.99. The Labute approximate surface area is 134 Å². The predicted octanol–water partition coefficient (Wildman–Crippen LogP) is 3.10. The summed E-state index contributed by atoms with van der Waals surface area (Å²) in [5.74, 6) is 1.23. The number of fused-ring (bicyclic) bond motifs is 3. The molecule has 0 amide bonds. The van der Waals surface area contributed by atoms with Crippen molar-refractivity contribution < 1.29 is 8.42 Å². The molecule has 4 heteroatoms. The van der Waals surface area contributed by atoms with Crippen molar-refractivity contribution in [2.45, 2.75) is 43.9 Å². The fourth-order valence-corrected chi connectivity index (χ4v) is 5.50. The SMILES string of the molecule is CC(C)(C)c1ccc(S(=O)(=O)CC2CN3CCC2CC3)cc1. The van der Waals surface area contributed by atoms with E-state index in [9.17, 15) is 8.42 Å². The summed E-state index contributed by atoms with van der Waals surface area (Å²) in [4.78, 5) is 2.90. The zero-order chi connectivity index (χ0) is 16.0. The number of rotatable bonds is 3. The second kappa shape index (κ2) is 5.64. The molecule has 0 saturated carbocycles. The Balaban J connectivity index is 1.75. The molecule has 0 aromatic heterocycles. The smallest absolute Gasteiger partial charge is 0.178 e. The maximum atomic E-state index is 12.7. The Bertz CT molecular complexity index is 620. The molecule has 122 valence electrons. The van der Waals surface area contributed by atoms with Gasteiger partial charge in [0.05, 0.1) is 10.6 Å². The van der Waals surface area contributed by atoms with Crippen molar-refractivity contribution in [3.63, 3.8) is 0 Å². The van der Waals surface area contributed by atoms with Crippen LogP contribution in [-0.2, 0) is 15.3 Å². The van der Waals surface area contributed by atoms with Crippen LogP contribution >= 0.6 is 0 Å². The summed E-state index contributed by atoms with van der Waals surface area (Å²) in [5.41, 5.74) is 1.23. The van der Waals surface area contributed by atoms with Crippen LogP contribution in [0, 0.1) is 11.8 Å². The molecular weight excluding hydrogens is 294 g/mol. The summed E-state index contributed by atoms with van der Waals surface area (Å²) in [6.07, 6.45) is 2.34. The standard InChI is InChI=1S/C18H27NO2S/c1-18(2,3)16-4-6-17(7-5-16)22(20,21)13-15-12-19-10-8-14(15)9-11-19/h4-7,14-15H,8-13H2,1-3H3. The van der Waals surface area contributed by atoms with E-state index >= 15 is 0 Å². The van der Waals surface area contributed by atoms with Gasteiger partial charge in [-0.05, 0) is 60.9 Å². The Kier molecular flexibility index (Phi) is 4.11. The molecule has 0 aliphatic carbocycles. The first-order chi connectivity index (χ1) is 10.3. The van der Waals surface area contributed by atoms with E-state index in [4.69, 9.17) is 0 Å². The number of hydrogen-bond acceptors (Lipinski definition) is 3. The molecule has 3 nitrogen and oxygen atoms in total. The highest BCUT2D eigenvalue weighted by molar-refractivity contribution is 7.91. The zero-order valence-electron chi connectivity index (χ0n) is 13.9. The highest BCUT2D eigenvalue weighted by Crippen LogP contribution is 2.34. The number of piperidine rings is 3. The number of sulfone groups is 1. The van der Waals surface area contributed by atoms with E-state index < -0.39 is 9.84 Å². The van der Waals surface area contributed by atoms with Crippen LogP contribution < -0.4 is 0 Å². The van der Waals surface area contributed by atoms with Crippen LogP contribution in [0.1, 0.15) is 39.2 Å². The highest BCUT2D eigenvalue weighted by atomic mass is 32.2. The second-order valence-electron chi connectivity index (χ2n) is 7.95. The average molecular weight is 321 g/mol. The van der Waals surface area contributed by atoms with Crippen molar-refractivity contribution in [3.8, 4) is 0 Å². The van der Waals surface area contributed by atoms with Crippen LogP contribution in [0.15, 0.2) is 29.2 Å². The van der Waals surface area contributed by atoms with Crippen molar-refractivity contribution in [3.05, 3.63) is 29.8 Å². The van der Waals surface area contributed by atoms with Gasteiger partial charge in [-0.25, -0.2) is 8.42 Å². The maximum Gasteiger partial charge on any atom is 0.178 e. The first-order valence-electron chi connectivity index (χ1n) is 8.31. The quantitative estimate of drug-likeness (QED) is 0.858. The topological polar surface area (TPSA) is 37.4 Å². The van der Waals surface area contributed by atoms with Crippen molar-refractivity contribution >= 4 is 9.84 Å². The van der Waals surface area contributed by atoms with Crippen molar-refractivity contribution in [2.75, 3.05) is 25.4 Å². The Morgan fingerprint density at radius 1 is 1.09 bits per heavy atom. The lowest BCUT2D eigenvalue weighted by molar-refractivity contribution is 0.0618. The molecule has 1 aromatic carbocycles. The molecule has 1 unspecified atom stereocenters. The molecule has 4 rings (SSSR count). The summed E-state index contributed by atoms with van der Waals surface area (Å²) in [6, 6.07) is 7.50. The minimum atomic E-state index is -3.17. The van der Waals surface area contributed by atoms with Gasteiger partial charge >= 0.3 is 0 Å². The minimum absolute atomic E-state index is 0.0537. The predicted molar refractivity (Wildman–Crippen MR) is 89.8 cm³/mol. The lowest BCUT2D eigenvalue weighted by Crippen LogP contribution is -2.49. The molecular formula is C18H27NO2S. The molecule has 0 N–H and O–H groups in total. The molecule has 22 heavy (non-hydrogen) atoms. The molecule has 2 bridgehead atoms.